The molecule has 1 unspecified atom stereocenters. The van der Waals surface area contributed by atoms with E-state index in [1.54, 1.807) is 22.2 Å². The summed E-state index contributed by atoms with van der Waals surface area (Å²) in [5, 5.41) is 11.1. The number of carbonyl (C=O) groups is 1. The first-order valence-corrected chi connectivity index (χ1v) is 10.3. The molecule has 0 saturated carbocycles. The summed E-state index contributed by atoms with van der Waals surface area (Å²) in [6.45, 7) is 1.99. The number of thiophene rings is 1. The molecule has 0 radical (unpaired) electrons. The highest BCUT2D eigenvalue weighted by atomic mass is 32.2. The van der Waals surface area contributed by atoms with Crippen molar-refractivity contribution < 1.29 is 4.79 Å². The Balaban J connectivity index is 1.48. The summed E-state index contributed by atoms with van der Waals surface area (Å²) in [4.78, 5) is 22.1. The Kier molecular flexibility index (Phi) is 5.17. The number of fused-ring (bicyclic) bond motifs is 1. The first kappa shape index (κ1) is 17.7. The van der Waals surface area contributed by atoms with Crippen LogP contribution in [0, 0.1) is 0 Å². The Hall–Kier alpha value is -2.71. The summed E-state index contributed by atoms with van der Waals surface area (Å²) in [6.07, 6.45) is 3.26. The number of amides is 1. The molecule has 1 aromatic carbocycles. The topological polar surface area (TPSA) is 72.7 Å². The maximum absolute atomic E-state index is 12.3. The van der Waals surface area contributed by atoms with Gasteiger partial charge in [-0.3, -0.25) is 4.79 Å². The molecule has 0 fully saturated rings. The minimum Gasteiger partial charge on any atom is -0.348 e. The van der Waals surface area contributed by atoms with E-state index in [1.807, 2.05) is 54.8 Å². The lowest BCUT2D eigenvalue weighted by Gasteiger charge is -2.11. The van der Waals surface area contributed by atoms with Crippen molar-refractivity contribution in [3.8, 4) is 5.69 Å². The van der Waals surface area contributed by atoms with Crippen molar-refractivity contribution in [2.24, 2.45) is 0 Å². The lowest BCUT2D eigenvalue weighted by atomic mass is 10.3. The van der Waals surface area contributed by atoms with E-state index in [0.717, 1.165) is 26.6 Å². The highest BCUT2D eigenvalue weighted by molar-refractivity contribution is 8.00. The van der Waals surface area contributed by atoms with E-state index in [9.17, 15) is 4.79 Å². The molecule has 0 aliphatic rings. The van der Waals surface area contributed by atoms with Gasteiger partial charge in [0.1, 0.15) is 11.4 Å². The lowest BCUT2D eigenvalue weighted by Crippen LogP contribution is -2.27. The van der Waals surface area contributed by atoms with Crippen LogP contribution in [-0.2, 0) is 4.79 Å². The molecular formula is C19H17N5OS2. The van der Waals surface area contributed by atoms with Crippen LogP contribution in [0.25, 0.3) is 16.7 Å². The molecule has 1 atom stereocenters. The number of rotatable bonds is 6. The number of nitrogens with one attached hydrogen (secondary N) is 1. The summed E-state index contributed by atoms with van der Waals surface area (Å²) >= 11 is 3.03. The largest absolute Gasteiger partial charge is 0.348 e. The zero-order valence-electron chi connectivity index (χ0n) is 14.6. The normalized spacial score (nSPS) is 12.2. The van der Waals surface area contributed by atoms with Crippen molar-refractivity contribution in [1.29, 1.82) is 0 Å². The van der Waals surface area contributed by atoms with Gasteiger partial charge in [0.2, 0.25) is 5.91 Å². The van der Waals surface area contributed by atoms with Gasteiger partial charge >= 0.3 is 0 Å². The standard InChI is InChI=1S/C19H17N5OS2/c1-13(16-8-5-9-26-16)23-17(25)11-27-19-15-10-22-24(18(15)20-12-21-19)14-6-3-2-4-7-14/h2-10,12-13H,11H2,1H3,(H,23,25). The second kappa shape index (κ2) is 7.89. The number of benzene rings is 1. The Morgan fingerprint density at radius 3 is 2.85 bits per heavy atom. The molecule has 27 heavy (non-hydrogen) atoms. The highest BCUT2D eigenvalue weighted by Gasteiger charge is 2.14. The number of hydrogen-bond donors (Lipinski definition) is 1. The van der Waals surface area contributed by atoms with E-state index in [4.69, 9.17) is 0 Å². The van der Waals surface area contributed by atoms with Crippen LogP contribution in [0.15, 0.2) is 65.4 Å². The van der Waals surface area contributed by atoms with Gasteiger partial charge < -0.3 is 5.32 Å². The molecule has 6 nitrogen and oxygen atoms in total. The Labute approximate surface area is 164 Å². The number of thioether (sulfide) groups is 1. The van der Waals surface area contributed by atoms with Crippen LogP contribution >= 0.6 is 23.1 Å². The van der Waals surface area contributed by atoms with Crippen molar-refractivity contribution in [2.45, 2.75) is 18.0 Å². The monoisotopic (exact) mass is 395 g/mol. The first-order chi connectivity index (χ1) is 13.2. The first-order valence-electron chi connectivity index (χ1n) is 8.42. The number of carbonyl (C=O) groups excluding carboxylic acids is 1. The van der Waals surface area contributed by atoms with Crippen molar-refractivity contribution in [1.82, 2.24) is 25.1 Å². The zero-order chi connectivity index (χ0) is 18.6. The second-order valence-corrected chi connectivity index (χ2v) is 7.84. The maximum atomic E-state index is 12.3. The van der Waals surface area contributed by atoms with Crippen molar-refractivity contribution in [3.63, 3.8) is 0 Å². The van der Waals surface area contributed by atoms with Crippen LogP contribution in [0.4, 0.5) is 0 Å². The van der Waals surface area contributed by atoms with E-state index >= 15 is 0 Å². The number of para-hydroxylation sites is 1. The third-order valence-electron chi connectivity index (χ3n) is 4.02. The maximum Gasteiger partial charge on any atom is 0.230 e. The molecule has 0 aliphatic carbocycles. The average molecular weight is 396 g/mol. The SMILES string of the molecule is CC(NC(=O)CSc1ncnc2c1cnn2-c1ccccc1)c1cccs1. The Morgan fingerprint density at radius 1 is 1.22 bits per heavy atom. The van der Waals surface area contributed by atoms with E-state index in [1.165, 1.54) is 18.1 Å². The van der Waals surface area contributed by atoms with Crippen molar-refractivity contribution >= 4 is 40.0 Å². The summed E-state index contributed by atoms with van der Waals surface area (Å²) in [5.41, 5.74) is 1.66. The van der Waals surface area contributed by atoms with Gasteiger partial charge in [-0.25, -0.2) is 14.6 Å². The van der Waals surface area contributed by atoms with Gasteiger partial charge in [0.25, 0.3) is 0 Å². The van der Waals surface area contributed by atoms with Gasteiger partial charge in [0.05, 0.1) is 29.1 Å². The Bertz CT molecular complexity index is 1050. The van der Waals surface area contributed by atoms with E-state index in [0.29, 0.717) is 5.75 Å². The van der Waals surface area contributed by atoms with Crippen LogP contribution in [0.2, 0.25) is 0 Å². The summed E-state index contributed by atoms with van der Waals surface area (Å²) in [6, 6.07) is 13.8. The molecule has 136 valence electrons. The number of aromatic nitrogens is 4. The molecular weight excluding hydrogens is 378 g/mol. The highest BCUT2D eigenvalue weighted by Crippen LogP contribution is 2.26. The molecule has 8 heteroatoms. The average Bonchev–Trinajstić information content (AvgIpc) is 3.37. The third kappa shape index (κ3) is 3.86. The molecule has 0 aliphatic heterocycles. The summed E-state index contributed by atoms with van der Waals surface area (Å²) in [5.74, 6) is 0.265. The molecule has 3 heterocycles. The van der Waals surface area contributed by atoms with E-state index in [2.05, 4.69) is 20.4 Å². The predicted octanol–water partition coefficient (Wildman–Crippen LogP) is 3.85. The quantitative estimate of drug-likeness (QED) is 0.397. The molecule has 0 spiro atoms. The van der Waals surface area contributed by atoms with Crippen LogP contribution < -0.4 is 5.32 Å². The van der Waals surface area contributed by atoms with Gasteiger partial charge in [0, 0.05) is 4.88 Å². The van der Waals surface area contributed by atoms with Crippen LogP contribution in [-0.4, -0.2) is 31.4 Å². The van der Waals surface area contributed by atoms with Crippen LogP contribution in [0.5, 0.6) is 0 Å². The third-order valence-corrected chi connectivity index (χ3v) is 6.08. The second-order valence-electron chi connectivity index (χ2n) is 5.90. The fourth-order valence-electron chi connectivity index (χ4n) is 2.72. The molecule has 4 rings (SSSR count). The molecule has 0 saturated heterocycles. The Morgan fingerprint density at radius 2 is 2.07 bits per heavy atom. The van der Waals surface area contributed by atoms with E-state index in [-0.39, 0.29) is 11.9 Å². The molecule has 3 aromatic heterocycles. The minimum absolute atomic E-state index is 0.00403. The zero-order valence-corrected chi connectivity index (χ0v) is 16.2. The molecule has 1 N–H and O–H groups in total. The van der Waals surface area contributed by atoms with E-state index < -0.39 is 0 Å². The summed E-state index contributed by atoms with van der Waals surface area (Å²) < 4.78 is 1.78. The van der Waals surface area contributed by atoms with Crippen molar-refractivity contribution in [2.75, 3.05) is 5.75 Å². The lowest BCUT2D eigenvalue weighted by molar-refractivity contribution is -0.119. The molecule has 0 bridgehead atoms. The smallest absolute Gasteiger partial charge is 0.230 e. The van der Waals surface area contributed by atoms with Crippen LogP contribution in [0.1, 0.15) is 17.8 Å². The van der Waals surface area contributed by atoms with Gasteiger partial charge in [-0.2, -0.15) is 5.10 Å². The molecule has 4 aromatic rings. The van der Waals surface area contributed by atoms with Crippen molar-refractivity contribution in [3.05, 3.63) is 65.2 Å². The van der Waals surface area contributed by atoms with Gasteiger partial charge in [-0.05, 0) is 30.5 Å². The van der Waals surface area contributed by atoms with Gasteiger partial charge in [-0.1, -0.05) is 36.0 Å². The fraction of sp³-hybridized carbons (Fsp3) is 0.158. The minimum atomic E-state index is -0.0249. The fourth-order valence-corrected chi connectivity index (χ4v) is 4.23. The van der Waals surface area contributed by atoms with Crippen LogP contribution in [0.3, 0.4) is 0 Å². The summed E-state index contributed by atoms with van der Waals surface area (Å²) in [7, 11) is 0. The predicted molar refractivity (Wildman–Crippen MR) is 108 cm³/mol. The van der Waals surface area contributed by atoms with Gasteiger partial charge in [0.15, 0.2) is 5.65 Å². The number of nitrogens with zero attached hydrogens (tertiary/aromatic N) is 4. The van der Waals surface area contributed by atoms with Gasteiger partial charge in [-0.15, -0.1) is 11.3 Å². The molecule has 1 amide bonds. The number of hydrogen-bond acceptors (Lipinski definition) is 6.